The lowest BCUT2D eigenvalue weighted by atomic mass is 10.3. The molecule has 0 bridgehead atoms. The summed E-state index contributed by atoms with van der Waals surface area (Å²) in [6.07, 6.45) is 1.81. The fourth-order valence-electron chi connectivity index (χ4n) is 1.34. The third-order valence-corrected chi connectivity index (χ3v) is 3.17. The predicted molar refractivity (Wildman–Crippen MR) is 75.2 cm³/mol. The van der Waals surface area contributed by atoms with Crippen LogP contribution in [0.25, 0.3) is 0 Å². The molecule has 0 radical (unpaired) electrons. The molecule has 1 aromatic rings. The van der Waals surface area contributed by atoms with E-state index in [9.17, 15) is 4.79 Å². The van der Waals surface area contributed by atoms with E-state index in [0.717, 1.165) is 23.7 Å². The molecule has 6 heteroatoms. The van der Waals surface area contributed by atoms with Gasteiger partial charge in [0, 0.05) is 26.4 Å². The Morgan fingerprint density at radius 2 is 2.32 bits per heavy atom. The zero-order valence-electron chi connectivity index (χ0n) is 11.3. The molecule has 1 heterocycles. The van der Waals surface area contributed by atoms with Crippen LogP contribution in [0.4, 0.5) is 0 Å². The SMILES string of the molecule is CCOC(=O)CSc1ccc(CNCCOC)cn1. The van der Waals surface area contributed by atoms with Crippen LogP contribution in [0.5, 0.6) is 0 Å². The van der Waals surface area contributed by atoms with Crippen LogP contribution in [0, 0.1) is 0 Å². The first kappa shape index (κ1) is 15.9. The fraction of sp³-hybridized carbons (Fsp3) is 0.538. The monoisotopic (exact) mass is 284 g/mol. The molecule has 0 amide bonds. The molecule has 1 N–H and O–H groups in total. The second-order valence-corrected chi connectivity index (χ2v) is 4.76. The van der Waals surface area contributed by atoms with Crippen LogP contribution in [0.2, 0.25) is 0 Å². The third kappa shape index (κ3) is 7.15. The summed E-state index contributed by atoms with van der Waals surface area (Å²) in [6, 6.07) is 3.91. The van der Waals surface area contributed by atoms with Crippen molar-refractivity contribution < 1.29 is 14.3 Å². The first-order chi connectivity index (χ1) is 9.26. The minimum atomic E-state index is -0.209. The van der Waals surface area contributed by atoms with Crippen molar-refractivity contribution in [3.8, 4) is 0 Å². The standard InChI is InChI=1S/C13H20N2O3S/c1-3-18-13(16)10-19-12-5-4-11(9-15-12)8-14-6-7-17-2/h4-5,9,14H,3,6-8,10H2,1-2H3. The highest BCUT2D eigenvalue weighted by Crippen LogP contribution is 2.15. The van der Waals surface area contributed by atoms with Crippen molar-refractivity contribution in [1.29, 1.82) is 0 Å². The molecule has 1 rings (SSSR count). The van der Waals surface area contributed by atoms with E-state index >= 15 is 0 Å². The molecular weight excluding hydrogens is 264 g/mol. The molecule has 0 aliphatic heterocycles. The lowest BCUT2D eigenvalue weighted by Crippen LogP contribution is -2.18. The summed E-state index contributed by atoms with van der Waals surface area (Å²) >= 11 is 1.38. The predicted octanol–water partition coefficient (Wildman–Crippen LogP) is 1.47. The van der Waals surface area contributed by atoms with E-state index in [0.29, 0.717) is 19.0 Å². The number of aromatic nitrogens is 1. The van der Waals surface area contributed by atoms with Gasteiger partial charge >= 0.3 is 5.97 Å². The fourth-order valence-corrected chi connectivity index (χ4v) is 1.98. The zero-order valence-corrected chi connectivity index (χ0v) is 12.2. The maximum absolute atomic E-state index is 11.2. The number of rotatable bonds is 9. The maximum atomic E-state index is 11.2. The van der Waals surface area contributed by atoms with Crippen molar-refractivity contribution in [1.82, 2.24) is 10.3 Å². The van der Waals surface area contributed by atoms with Gasteiger partial charge in [-0.25, -0.2) is 4.98 Å². The van der Waals surface area contributed by atoms with Gasteiger partial charge in [-0.3, -0.25) is 4.79 Å². The molecule has 19 heavy (non-hydrogen) atoms. The first-order valence-corrected chi connectivity index (χ1v) is 7.17. The summed E-state index contributed by atoms with van der Waals surface area (Å²) in [5.41, 5.74) is 1.11. The number of nitrogens with zero attached hydrogens (tertiary/aromatic N) is 1. The Kier molecular flexibility index (Phi) is 8.20. The van der Waals surface area contributed by atoms with Crippen LogP contribution in [0.15, 0.2) is 23.4 Å². The topological polar surface area (TPSA) is 60.5 Å². The van der Waals surface area contributed by atoms with Gasteiger partial charge in [0.2, 0.25) is 0 Å². The van der Waals surface area contributed by atoms with Crippen molar-refractivity contribution >= 4 is 17.7 Å². The molecule has 0 aliphatic rings. The summed E-state index contributed by atoms with van der Waals surface area (Å²) in [5.74, 6) is 0.0892. The number of esters is 1. The number of hydrogen-bond acceptors (Lipinski definition) is 6. The van der Waals surface area contributed by atoms with Crippen LogP contribution >= 0.6 is 11.8 Å². The van der Waals surface area contributed by atoms with Gasteiger partial charge in [0.25, 0.3) is 0 Å². The maximum Gasteiger partial charge on any atom is 0.316 e. The van der Waals surface area contributed by atoms with E-state index in [1.165, 1.54) is 11.8 Å². The number of hydrogen-bond donors (Lipinski definition) is 1. The summed E-state index contributed by atoms with van der Waals surface area (Å²) in [4.78, 5) is 15.5. The average molecular weight is 284 g/mol. The Balaban J connectivity index is 2.29. The Morgan fingerprint density at radius 3 is 2.95 bits per heavy atom. The largest absolute Gasteiger partial charge is 0.465 e. The normalized spacial score (nSPS) is 10.4. The number of carbonyl (C=O) groups is 1. The Morgan fingerprint density at radius 1 is 1.47 bits per heavy atom. The van der Waals surface area contributed by atoms with Gasteiger partial charge in [0.1, 0.15) is 0 Å². The van der Waals surface area contributed by atoms with E-state index in [1.54, 1.807) is 14.0 Å². The molecule has 0 fully saturated rings. The molecule has 1 aromatic heterocycles. The highest BCUT2D eigenvalue weighted by Gasteiger charge is 2.04. The van der Waals surface area contributed by atoms with E-state index in [-0.39, 0.29) is 5.97 Å². The summed E-state index contributed by atoms with van der Waals surface area (Å²) < 4.78 is 9.80. The minimum absolute atomic E-state index is 0.209. The number of pyridine rings is 1. The first-order valence-electron chi connectivity index (χ1n) is 6.19. The number of thioether (sulfide) groups is 1. The van der Waals surface area contributed by atoms with E-state index in [4.69, 9.17) is 9.47 Å². The Bertz CT molecular complexity index is 371. The molecule has 5 nitrogen and oxygen atoms in total. The van der Waals surface area contributed by atoms with Crippen molar-refractivity contribution in [2.75, 3.05) is 32.6 Å². The minimum Gasteiger partial charge on any atom is -0.465 e. The molecule has 0 unspecified atom stereocenters. The lowest BCUT2D eigenvalue weighted by molar-refractivity contribution is -0.139. The number of carbonyl (C=O) groups excluding carboxylic acids is 1. The lowest BCUT2D eigenvalue weighted by Gasteiger charge is -2.05. The smallest absolute Gasteiger partial charge is 0.316 e. The van der Waals surface area contributed by atoms with Crippen molar-refractivity contribution in [2.24, 2.45) is 0 Å². The van der Waals surface area contributed by atoms with Gasteiger partial charge in [-0.2, -0.15) is 0 Å². The number of ether oxygens (including phenoxy) is 2. The summed E-state index contributed by atoms with van der Waals surface area (Å²) in [7, 11) is 1.68. The molecule has 0 saturated heterocycles. The number of methoxy groups -OCH3 is 1. The second kappa shape index (κ2) is 9.77. The molecule has 0 saturated carbocycles. The van der Waals surface area contributed by atoms with Gasteiger partial charge in [-0.05, 0) is 18.6 Å². The van der Waals surface area contributed by atoms with Crippen molar-refractivity contribution in [3.63, 3.8) is 0 Å². The molecule has 0 atom stereocenters. The van der Waals surface area contributed by atoms with Gasteiger partial charge < -0.3 is 14.8 Å². The van der Waals surface area contributed by atoms with Crippen LogP contribution < -0.4 is 5.32 Å². The van der Waals surface area contributed by atoms with Crippen LogP contribution in [0.1, 0.15) is 12.5 Å². The van der Waals surface area contributed by atoms with Gasteiger partial charge in [0.15, 0.2) is 0 Å². The van der Waals surface area contributed by atoms with Crippen LogP contribution in [0.3, 0.4) is 0 Å². The summed E-state index contributed by atoms with van der Waals surface area (Å²) in [5, 5.41) is 4.07. The van der Waals surface area contributed by atoms with E-state index in [2.05, 4.69) is 10.3 Å². The average Bonchev–Trinajstić information content (AvgIpc) is 2.43. The van der Waals surface area contributed by atoms with Gasteiger partial charge in [-0.1, -0.05) is 17.8 Å². The molecule has 0 spiro atoms. The summed E-state index contributed by atoms with van der Waals surface area (Å²) in [6.45, 7) is 4.49. The van der Waals surface area contributed by atoms with Crippen LogP contribution in [-0.4, -0.2) is 43.6 Å². The van der Waals surface area contributed by atoms with Crippen molar-refractivity contribution in [2.45, 2.75) is 18.5 Å². The number of nitrogens with one attached hydrogen (secondary N) is 1. The zero-order chi connectivity index (χ0) is 13.9. The Labute approximate surface area is 118 Å². The molecular formula is C13H20N2O3S. The van der Waals surface area contributed by atoms with Gasteiger partial charge in [0.05, 0.1) is 24.0 Å². The van der Waals surface area contributed by atoms with E-state index < -0.39 is 0 Å². The highest BCUT2D eigenvalue weighted by atomic mass is 32.2. The van der Waals surface area contributed by atoms with E-state index in [1.807, 2.05) is 18.3 Å². The molecule has 0 aliphatic carbocycles. The second-order valence-electron chi connectivity index (χ2n) is 3.77. The Hall–Kier alpha value is -1.11. The molecule has 106 valence electrons. The van der Waals surface area contributed by atoms with Gasteiger partial charge in [-0.15, -0.1) is 0 Å². The highest BCUT2D eigenvalue weighted by molar-refractivity contribution is 7.99. The van der Waals surface area contributed by atoms with Crippen molar-refractivity contribution in [3.05, 3.63) is 23.9 Å². The third-order valence-electron chi connectivity index (χ3n) is 2.25. The quantitative estimate of drug-likeness (QED) is 0.421. The molecule has 0 aromatic carbocycles. The van der Waals surface area contributed by atoms with Crippen LogP contribution in [-0.2, 0) is 20.8 Å².